The van der Waals surface area contributed by atoms with Crippen LogP contribution in [0.5, 0.6) is 5.75 Å². The van der Waals surface area contributed by atoms with Crippen LogP contribution in [0, 0.1) is 6.07 Å². The summed E-state index contributed by atoms with van der Waals surface area (Å²) in [6.07, 6.45) is 1.88. The zero-order valence-electron chi connectivity index (χ0n) is 36.8. The second-order valence-corrected chi connectivity index (χ2v) is 18.3. The summed E-state index contributed by atoms with van der Waals surface area (Å²) < 4.78 is 8.97. The summed E-state index contributed by atoms with van der Waals surface area (Å²) in [4.78, 5) is 10.5. The Labute approximate surface area is 393 Å². The van der Waals surface area contributed by atoms with Gasteiger partial charge in [0, 0.05) is 54.7 Å². The zero-order valence-corrected chi connectivity index (χ0v) is 39.1. The van der Waals surface area contributed by atoms with Crippen LogP contribution in [0.4, 0.5) is 0 Å². The molecule has 3 aromatic heterocycles. The van der Waals surface area contributed by atoms with Gasteiger partial charge in [0.05, 0.1) is 22.3 Å². The number of phenols is 1. The van der Waals surface area contributed by atoms with Crippen LogP contribution >= 0.6 is 0 Å². The first-order valence-corrected chi connectivity index (χ1v) is 21.9. The molecule has 0 bridgehead atoms. The number of fused-ring (bicyclic) bond motifs is 5. The minimum absolute atomic E-state index is 0. The molecule has 0 fully saturated rings. The quantitative estimate of drug-likeness (QED) is 0.162. The third kappa shape index (κ3) is 7.25. The van der Waals surface area contributed by atoms with Gasteiger partial charge >= 0.3 is 0 Å². The number of aromatic hydroxyl groups is 1. The zero-order chi connectivity index (χ0) is 43.7. The number of benzene rings is 8. The largest absolute Gasteiger partial charge is 0.507 e. The molecule has 65 heavy (non-hydrogen) atoms. The van der Waals surface area contributed by atoms with Crippen molar-refractivity contribution in [3.63, 3.8) is 0 Å². The average Bonchev–Trinajstić information content (AvgIpc) is 3.89. The van der Waals surface area contributed by atoms with Crippen LogP contribution in [0.25, 0.3) is 94.3 Å². The Bertz CT molecular complexity index is 3580. The summed E-state index contributed by atoms with van der Waals surface area (Å²) in [6, 6.07) is 64.8. The van der Waals surface area contributed by atoms with E-state index < -0.39 is 5.41 Å². The van der Waals surface area contributed by atoms with Gasteiger partial charge in [0.1, 0.15) is 22.7 Å². The number of imidazole rings is 1. The van der Waals surface area contributed by atoms with Crippen molar-refractivity contribution < 1.29 is 30.6 Å². The molecule has 0 aliphatic heterocycles. The van der Waals surface area contributed by atoms with Crippen molar-refractivity contribution in [3.8, 4) is 56.3 Å². The normalized spacial score (nSPS) is 12.0. The summed E-state index contributed by atoms with van der Waals surface area (Å²) in [7, 11) is 0. The topological polar surface area (TPSA) is 64.1 Å². The molecule has 0 amide bonds. The van der Waals surface area contributed by atoms with Crippen LogP contribution in [-0.2, 0) is 31.9 Å². The smallest absolute Gasteiger partial charge is 0.148 e. The van der Waals surface area contributed by atoms with Gasteiger partial charge in [0.15, 0.2) is 0 Å². The van der Waals surface area contributed by atoms with Gasteiger partial charge in [-0.15, -0.1) is 29.3 Å². The second-order valence-electron chi connectivity index (χ2n) is 18.3. The fourth-order valence-electron chi connectivity index (χ4n) is 9.25. The molecule has 5 nitrogen and oxygen atoms in total. The van der Waals surface area contributed by atoms with Gasteiger partial charge in [-0.2, -0.15) is 0 Å². The van der Waals surface area contributed by atoms with E-state index in [0.717, 1.165) is 88.5 Å². The average molecular weight is 1020 g/mol. The van der Waals surface area contributed by atoms with E-state index in [1.807, 2.05) is 36.5 Å². The molecule has 0 atom stereocenters. The summed E-state index contributed by atoms with van der Waals surface area (Å²) >= 11 is 0. The summed E-state index contributed by atoms with van der Waals surface area (Å²) in [5.41, 5.74) is 13.4. The van der Waals surface area contributed by atoms with E-state index in [1.165, 1.54) is 11.1 Å². The molecule has 1 N–H and O–H groups in total. The van der Waals surface area contributed by atoms with Gasteiger partial charge in [-0.1, -0.05) is 161 Å². The minimum atomic E-state index is -0.396. The first kappa shape index (κ1) is 41.9. The number of hydrogen-bond donors (Lipinski definition) is 1. The molecule has 11 aromatic rings. The number of furan rings is 1. The van der Waals surface area contributed by atoms with Crippen molar-refractivity contribution in [1.82, 2.24) is 14.5 Å². The third-order valence-electron chi connectivity index (χ3n) is 12.9. The van der Waals surface area contributed by atoms with Gasteiger partial charge in [0.2, 0.25) is 0 Å². The molecule has 0 spiro atoms. The van der Waals surface area contributed by atoms with Gasteiger partial charge in [-0.3, -0.25) is 9.55 Å². The van der Waals surface area contributed by atoms with E-state index in [1.54, 1.807) is 6.07 Å². The fraction of sp³-hybridized carbons (Fsp3) is 0.119. The van der Waals surface area contributed by atoms with E-state index in [0.29, 0.717) is 11.4 Å². The van der Waals surface area contributed by atoms with Gasteiger partial charge in [-0.05, 0) is 81.4 Å². The molecular weight excluding hydrogens is 978 g/mol. The molecule has 0 aliphatic carbocycles. The predicted octanol–water partition coefficient (Wildman–Crippen LogP) is 15.3. The van der Waals surface area contributed by atoms with Crippen molar-refractivity contribution in [1.29, 1.82) is 0 Å². The van der Waals surface area contributed by atoms with Crippen LogP contribution in [0.15, 0.2) is 187 Å². The molecule has 0 saturated carbocycles. The SMILES string of the molecule is CC(C)(C)c1ccc(-n2c(-c3ccccc3O)nc3c(-c4[c-]c(-c5nccc6c5oc5cc7ccccc7cc56)cc(C(C)(C)c5ccccc5)c4)cccc32)c(-c2ccccc2)c1.[Pt]. The van der Waals surface area contributed by atoms with E-state index >= 15 is 0 Å². The molecule has 3 heterocycles. The number of nitrogens with zero attached hydrogens (tertiary/aromatic N) is 3. The Balaban J connectivity index is 0.00000498. The first-order chi connectivity index (χ1) is 31.0. The minimum Gasteiger partial charge on any atom is -0.507 e. The number of aromatic nitrogens is 3. The predicted molar refractivity (Wildman–Crippen MR) is 263 cm³/mol. The molecule has 0 aliphatic rings. The Morgan fingerprint density at radius 2 is 1.25 bits per heavy atom. The Morgan fingerprint density at radius 1 is 0.569 bits per heavy atom. The number of pyridine rings is 1. The van der Waals surface area contributed by atoms with Crippen LogP contribution in [0.3, 0.4) is 0 Å². The Hall–Kier alpha value is -7.07. The van der Waals surface area contributed by atoms with E-state index in [-0.39, 0.29) is 32.2 Å². The standard InChI is InChI=1S/C59H46N3O2.Pt/c1-58(2,3)43-27-28-50(48(36-43)37-17-8-6-9-18-37)62-51-25-16-24-45(55(51)61-57(62)47-23-14-15-26-52(47)63)40-31-41(33-44(32-40)59(4,5)42-21-10-7-11-22-42)54-56-46(29-30-60-54)49-34-38-19-12-13-20-39(38)35-53(49)64-56;/h6-30,32-36,63H,1-5H3;/q-1;. The number of phenolic OH excluding ortho intramolecular Hbond substituents is 1. The molecule has 0 saturated heterocycles. The fourth-order valence-corrected chi connectivity index (χ4v) is 9.25. The Kier molecular flexibility index (Phi) is 10.4. The van der Waals surface area contributed by atoms with Crippen molar-refractivity contribution in [2.75, 3.05) is 0 Å². The molecule has 0 radical (unpaired) electrons. The number of hydrogen-bond acceptors (Lipinski definition) is 4. The molecule has 11 rings (SSSR count). The molecule has 320 valence electrons. The molecule has 8 aromatic carbocycles. The van der Waals surface area contributed by atoms with Crippen molar-refractivity contribution in [2.45, 2.75) is 45.4 Å². The maximum Gasteiger partial charge on any atom is 0.148 e. The molecular formula is C59H46N3O2Pt-. The summed E-state index contributed by atoms with van der Waals surface area (Å²) in [5.74, 6) is 0.801. The third-order valence-corrected chi connectivity index (χ3v) is 12.9. The maximum atomic E-state index is 11.5. The van der Waals surface area contributed by atoms with Crippen molar-refractivity contribution >= 4 is 43.7 Å². The maximum absolute atomic E-state index is 11.5. The van der Waals surface area contributed by atoms with Crippen LogP contribution in [0.1, 0.15) is 51.3 Å². The number of rotatable bonds is 7. The van der Waals surface area contributed by atoms with Gasteiger partial charge < -0.3 is 9.52 Å². The van der Waals surface area contributed by atoms with Gasteiger partial charge in [-0.25, -0.2) is 4.98 Å². The van der Waals surface area contributed by atoms with Crippen molar-refractivity contribution in [3.05, 3.63) is 205 Å². The second kappa shape index (κ2) is 16.2. The van der Waals surface area contributed by atoms with Crippen LogP contribution in [0.2, 0.25) is 0 Å². The Morgan fingerprint density at radius 3 is 2.00 bits per heavy atom. The summed E-state index contributed by atoms with van der Waals surface area (Å²) in [5, 5.41) is 15.8. The van der Waals surface area contributed by atoms with E-state index in [2.05, 4.69) is 185 Å². The number of para-hydroxylation sites is 2. The van der Waals surface area contributed by atoms with Crippen LogP contribution in [-0.4, -0.2) is 19.6 Å². The van der Waals surface area contributed by atoms with E-state index in [4.69, 9.17) is 14.4 Å². The first-order valence-electron chi connectivity index (χ1n) is 21.9. The molecule has 6 heteroatoms. The van der Waals surface area contributed by atoms with E-state index in [9.17, 15) is 5.11 Å². The van der Waals surface area contributed by atoms with Gasteiger partial charge in [0.25, 0.3) is 0 Å². The van der Waals surface area contributed by atoms with Crippen molar-refractivity contribution in [2.24, 2.45) is 0 Å². The van der Waals surface area contributed by atoms with Crippen LogP contribution < -0.4 is 0 Å². The summed E-state index contributed by atoms with van der Waals surface area (Å²) in [6.45, 7) is 11.3. The molecule has 0 unspecified atom stereocenters. The monoisotopic (exact) mass is 1020 g/mol.